The van der Waals surface area contributed by atoms with Gasteiger partial charge in [0.05, 0.1) is 12.2 Å². The Morgan fingerprint density at radius 1 is 1.64 bits per heavy atom. The lowest BCUT2D eigenvalue weighted by atomic mass is 10.0. The summed E-state index contributed by atoms with van der Waals surface area (Å²) < 4.78 is 21.1. The van der Waals surface area contributed by atoms with Crippen molar-refractivity contribution in [2.24, 2.45) is 5.92 Å². The van der Waals surface area contributed by atoms with Crippen LogP contribution in [0.25, 0.3) is 0 Å². The predicted octanol–water partition coefficient (Wildman–Crippen LogP) is -0.660. The van der Waals surface area contributed by atoms with Crippen LogP contribution in [0.4, 0.5) is 0 Å². The first-order valence-corrected chi connectivity index (χ1v) is 6.32. The fourth-order valence-corrected chi connectivity index (χ4v) is 2.74. The molecule has 0 amide bonds. The molecule has 1 rings (SSSR count). The Kier molecular flexibility index (Phi) is 4.10. The van der Waals surface area contributed by atoms with E-state index in [4.69, 9.17) is 9.47 Å². The molecule has 0 aromatic rings. The van der Waals surface area contributed by atoms with Crippen LogP contribution in [0.5, 0.6) is 0 Å². The molecule has 1 aliphatic rings. The van der Waals surface area contributed by atoms with Crippen LogP contribution >= 0.6 is 7.60 Å². The smallest absolute Gasteiger partial charge is 0.0866 e. The molecule has 0 bridgehead atoms. The lowest BCUT2D eigenvalue weighted by Crippen LogP contribution is -2.34. The minimum Gasteiger partial charge on any atom is -0.811 e. The Hall–Kier alpha value is 0.0700. The molecule has 84 valence electrons. The van der Waals surface area contributed by atoms with E-state index in [1.165, 1.54) is 0 Å². The summed E-state index contributed by atoms with van der Waals surface area (Å²) in [4.78, 5) is 21.1. The maximum atomic E-state index is 10.6. The third-order valence-electron chi connectivity index (χ3n) is 2.45. The molecule has 0 aromatic heterocycles. The van der Waals surface area contributed by atoms with E-state index in [2.05, 4.69) is 0 Å². The predicted molar refractivity (Wildman–Crippen MR) is 46.8 cm³/mol. The van der Waals surface area contributed by atoms with Gasteiger partial charge in [-0.15, -0.1) is 0 Å². The number of hydrogen-bond donors (Lipinski definition) is 0. The topological polar surface area (TPSA) is 81.7 Å². The van der Waals surface area contributed by atoms with Crippen LogP contribution < -0.4 is 9.79 Å². The van der Waals surface area contributed by atoms with Crippen molar-refractivity contribution in [3.8, 4) is 0 Å². The molecule has 1 aliphatic heterocycles. The fourth-order valence-electron chi connectivity index (χ4n) is 1.83. The average molecular weight is 222 g/mol. The van der Waals surface area contributed by atoms with Gasteiger partial charge in [0.25, 0.3) is 0 Å². The van der Waals surface area contributed by atoms with Crippen molar-refractivity contribution in [3.63, 3.8) is 0 Å². The second-order valence-electron chi connectivity index (χ2n) is 3.67. The normalized spacial score (nSPS) is 30.6. The third kappa shape index (κ3) is 3.33. The van der Waals surface area contributed by atoms with Crippen LogP contribution in [-0.2, 0) is 14.0 Å². The van der Waals surface area contributed by atoms with Crippen LogP contribution in [0.3, 0.4) is 0 Å². The van der Waals surface area contributed by atoms with Crippen molar-refractivity contribution >= 4 is 7.60 Å². The summed E-state index contributed by atoms with van der Waals surface area (Å²) in [5.74, 6) is -0.303. The highest BCUT2D eigenvalue weighted by molar-refractivity contribution is 7.48. The second-order valence-corrected chi connectivity index (χ2v) is 5.26. The van der Waals surface area contributed by atoms with Gasteiger partial charge in [0.15, 0.2) is 0 Å². The number of ether oxygens (including phenoxy) is 2. The molecule has 0 radical (unpaired) electrons. The van der Waals surface area contributed by atoms with Gasteiger partial charge in [-0.1, -0.05) is 14.5 Å². The first-order chi connectivity index (χ1) is 6.44. The van der Waals surface area contributed by atoms with Crippen LogP contribution in [0, 0.1) is 5.92 Å². The average Bonchev–Trinajstić information content (AvgIpc) is 2.47. The van der Waals surface area contributed by atoms with E-state index >= 15 is 0 Å². The highest BCUT2D eigenvalue weighted by Gasteiger charge is 2.32. The number of hydrogen-bond acceptors (Lipinski definition) is 5. The Morgan fingerprint density at radius 3 is 2.79 bits per heavy atom. The Bertz CT molecular complexity index is 226. The quantitative estimate of drug-likeness (QED) is 0.590. The van der Waals surface area contributed by atoms with E-state index in [9.17, 15) is 14.4 Å². The Labute approximate surface area is 83.6 Å². The number of rotatable bonds is 4. The van der Waals surface area contributed by atoms with Crippen molar-refractivity contribution < 1.29 is 23.8 Å². The molecule has 0 N–H and O–H groups in total. The lowest BCUT2D eigenvalue weighted by Gasteiger charge is -2.35. The molecular weight excluding hydrogens is 207 g/mol. The van der Waals surface area contributed by atoms with Crippen LogP contribution in [0.1, 0.15) is 13.3 Å². The summed E-state index contributed by atoms with van der Waals surface area (Å²) >= 11 is 0. The zero-order valence-electron chi connectivity index (χ0n) is 8.34. The zero-order valence-corrected chi connectivity index (χ0v) is 9.24. The molecule has 0 aromatic carbocycles. The summed E-state index contributed by atoms with van der Waals surface area (Å²) in [6, 6.07) is 0. The molecule has 0 spiro atoms. The standard InChI is InChI=1S/C8H17O5P/c1-6(5-14(9,10)11)8-7(12-2)3-4-13-8/h6-8H,3-5H2,1-2H3,(H2,9,10,11)/p-2/t6-,7+,8+/m0/s1. The molecule has 14 heavy (non-hydrogen) atoms. The molecule has 1 saturated heterocycles. The largest absolute Gasteiger partial charge is 0.811 e. The van der Waals surface area contributed by atoms with Gasteiger partial charge in [-0.25, -0.2) is 0 Å². The van der Waals surface area contributed by atoms with Gasteiger partial charge in [0, 0.05) is 13.7 Å². The monoisotopic (exact) mass is 222 g/mol. The minimum absolute atomic E-state index is 0.0865. The van der Waals surface area contributed by atoms with E-state index in [-0.39, 0.29) is 24.3 Å². The highest BCUT2D eigenvalue weighted by Crippen LogP contribution is 2.32. The molecule has 0 unspecified atom stereocenters. The van der Waals surface area contributed by atoms with Crippen LogP contribution in [-0.4, -0.2) is 32.1 Å². The van der Waals surface area contributed by atoms with Crippen molar-refractivity contribution in [3.05, 3.63) is 0 Å². The SMILES string of the molecule is CO[C@@H]1CCO[C@@H]1[C@@H](C)CP(=O)([O-])[O-]. The Balaban J connectivity index is 2.51. The molecule has 1 fully saturated rings. The maximum Gasteiger partial charge on any atom is 0.0866 e. The van der Waals surface area contributed by atoms with Gasteiger partial charge in [0.2, 0.25) is 0 Å². The minimum atomic E-state index is -4.45. The number of methoxy groups -OCH3 is 1. The van der Waals surface area contributed by atoms with Crippen molar-refractivity contribution in [1.29, 1.82) is 0 Å². The summed E-state index contributed by atoms with van der Waals surface area (Å²) in [6.45, 7) is 2.26. The van der Waals surface area contributed by atoms with Crippen LogP contribution in [0.2, 0.25) is 0 Å². The molecule has 3 atom stereocenters. The first kappa shape index (κ1) is 12.1. The van der Waals surface area contributed by atoms with Crippen molar-refractivity contribution in [1.82, 2.24) is 0 Å². The van der Waals surface area contributed by atoms with E-state index in [1.807, 2.05) is 0 Å². The second kappa shape index (κ2) is 4.73. The summed E-state index contributed by atoms with van der Waals surface area (Å²) in [7, 11) is -2.88. The summed E-state index contributed by atoms with van der Waals surface area (Å²) in [5.41, 5.74) is 0. The molecule has 5 nitrogen and oxygen atoms in total. The third-order valence-corrected chi connectivity index (χ3v) is 3.48. The van der Waals surface area contributed by atoms with Gasteiger partial charge < -0.3 is 23.8 Å². The Morgan fingerprint density at radius 2 is 2.29 bits per heavy atom. The van der Waals surface area contributed by atoms with Gasteiger partial charge in [-0.05, 0) is 18.5 Å². The zero-order chi connectivity index (χ0) is 10.8. The van der Waals surface area contributed by atoms with Gasteiger partial charge >= 0.3 is 0 Å². The van der Waals surface area contributed by atoms with E-state index in [0.717, 1.165) is 6.42 Å². The molecule has 0 saturated carbocycles. The van der Waals surface area contributed by atoms with E-state index in [0.29, 0.717) is 6.61 Å². The van der Waals surface area contributed by atoms with Gasteiger partial charge in [0.1, 0.15) is 0 Å². The molecule has 1 heterocycles. The molecule has 0 aliphatic carbocycles. The van der Waals surface area contributed by atoms with E-state index < -0.39 is 7.60 Å². The van der Waals surface area contributed by atoms with Crippen molar-refractivity contribution in [2.45, 2.75) is 25.6 Å². The molecular formula is C8H15O5P-2. The van der Waals surface area contributed by atoms with Crippen LogP contribution in [0.15, 0.2) is 0 Å². The fraction of sp³-hybridized carbons (Fsp3) is 1.00. The maximum absolute atomic E-state index is 10.6. The highest BCUT2D eigenvalue weighted by atomic mass is 31.2. The van der Waals surface area contributed by atoms with Gasteiger partial charge in [-0.3, -0.25) is 0 Å². The lowest BCUT2D eigenvalue weighted by molar-refractivity contribution is -0.314. The summed E-state index contributed by atoms with van der Waals surface area (Å²) in [5, 5.41) is 0. The van der Waals surface area contributed by atoms with Crippen molar-refractivity contribution in [2.75, 3.05) is 19.9 Å². The van der Waals surface area contributed by atoms with E-state index in [1.54, 1.807) is 14.0 Å². The van der Waals surface area contributed by atoms with Gasteiger partial charge in [-0.2, -0.15) is 0 Å². The molecule has 6 heteroatoms. The first-order valence-electron chi connectivity index (χ1n) is 4.59. The summed E-state index contributed by atoms with van der Waals surface area (Å²) in [6.07, 6.45) is 0.0400.